The van der Waals surface area contributed by atoms with Crippen LogP contribution in [0, 0.1) is 13.8 Å². The number of pyridine rings is 1. The maximum atomic E-state index is 13.1. The zero-order valence-electron chi connectivity index (χ0n) is 15.3. The van der Waals surface area contributed by atoms with E-state index in [9.17, 15) is 4.79 Å². The Hall–Kier alpha value is -2.98. The number of amides is 1. The van der Waals surface area contributed by atoms with Crippen molar-refractivity contribution < 1.29 is 4.79 Å². The van der Waals surface area contributed by atoms with Crippen LogP contribution in [0.3, 0.4) is 0 Å². The van der Waals surface area contributed by atoms with Crippen molar-refractivity contribution in [2.24, 2.45) is 0 Å². The van der Waals surface area contributed by atoms with Crippen LogP contribution in [0.2, 0.25) is 0 Å². The van der Waals surface area contributed by atoms with Crippen LogP contribution in [0.15, 0.2) is 66.9 Å². The van der Waals surface area contributed by atoms with Gasteiger partial charge in [0.1, 0.15) is 5.82 Å². The second kappa shape index (κ2) is 7.33. The fourth-order valence-electron chi connectivity index (χ4n) is 3.15. The third-order valence-electron chi connectivity index (χ3n) is 4.65. The maximum absolute atomic E-state index is 13.1. The highest BCUT2D eigenvalue weighted by Crippen LogP contribution is 2.33. The quantitative estimate of drug-likeness (QED) is 0.495. The van der Waals surface area contributed by atoms with Crippen LogP contribution in [0.5, 0.6) is 0 Å². The average Bonchev–Trinajstić information content (AvgIpc) is 3.04. The van der Waals surface area contributed by atoms with Gasteiger partial charge in [-0.15, -0.1) is 11.3 Å². The van der Waals surface area contributed by atoms with Gasteiger partial charge in [-0.3, -0.25) is 4.79 Å². The van der Waals surface area contributed by atoms with Crippen molar-refractivity contribution in [3.05, 3.63) is 94.0 Å². The van der Waals surface area contributed by atoms with E-state index in [4.69, 9.17) is 0 Å². The molecule has 0 atom stereocenters. The molecule has 2 aromatic carbocycles. The van der Waals surface area contributed by atoms with Crippen molar-refractivity contribution in [2.75, 3.05) is 5.32 Å². The Bertz CT molecular complexity index is 1110. The van der Waals surface area contributed by atoms with Crippen molar-refractivity contribution in [1.29, 1.82) is 0 Å². The molecule has 2 aromatic heterocycles. The van der Waals surface area contributed by atoms with Gasteiger partial charge in [-0.25, -0.2) is 4.98 Å². The normalized spacial score (nSPS) is 10.9. The summed E-state index contributed by atoms with van der Waals surface area (Å²) in [5.41, 5.74) is 4.46. The van der Waals surface area contributed by atoms with E-state index in [2.05, 4.69) is 53.6 Å². The van der Waals surface area contributed by atoms with Gasteiger partial charge in [0.15, 0.2) is 0 Å². The van der Waals surface area contributed by atoms with Gasteiger partial charge in [0.05, 0.1) is 4.88 Å². The largest absolute Gasteiger partial charge is 0.306 e. The first-order valence-electron chi connectivity index (χ1n) is 8.91. The first-order chi connectivity index (χ1) is 13.1. The van der Waals surface area contributed by atoms with Crippen LogP contribution < -0.4 is 5.32 Å². The van der Waals surface area contributed by atoms with Gasteiger partial charge >= 0.3 is 0 Å². The summed E-state index contributed by atoms with van der Waals surface area (Å²) in [4.78, 5) is 18.1. The molecule has 0 aliphatic heterocycles. The Morgan fingerprint density at radius 3 is 2.56 bits per heavy atom. The van der Waals surface area contributed by atoms with Gasteiger partial charge in [-0.05, 0) is 54.5 Å². The van der Waals surface area contributed by atoms with Gasteiger partial charge in [-0.1, -0.05) is 54.1 Å². The number of carbonyl (C=O) groups excluding carboxylic acids is 1. The number of rotatable bonds is 4. The van der Waals surface area contributed by atoms with Crippen LogP contribution >= 0.6 is 11.3 Å². The van der Waals surface area contributed by atoms with Crippen molar-refractivity contribution in [2.45, 2.75) is 20.3 Å². The van der Waals surface area contributed by atoms with E-state index in [1.165, 1.54) is 22.5 Å². The lowest BCUT2D eigenvalue weighted by Gasteiger charge is -2.08. The molecule has 134 valence electrons. The number of nitrogens with one attached hydrogen (secondary N) is 1. The Kier molecular flexibility index (Phi) is 4.73. The molecular weight excluding hydrogens is 352 g/mol. The van der Waals surface area contributed by atoms with Gasteiger partial charge in [-0.2, -0.15) is 0 Å². The minimum absolute atomic E-state index is 0.0971. The molecule has 1 amide bonds. The summed E-state index contributed by atoms with van der Waals surface area (Å²) < 4.78 is 1.13. The van der Waals surface area contributed by atoms with E-state index in [0.717, 1.165) is 32.5 Å². The second-order valence-electron chi connectivity index (χ2n) is 6.69. The third-order valence-corrected chi connectivity index (χ3v) is 5.86. The molecule has 3 nitrogen and oxygen atoms in total. The van der Waals surface area contributed by atoms with Crippen molar-refractivity contribution in [3.63, 3.8) is 0 Å². The number of carbonyl (C=O) groups is 1. The molecule has 0 saturated carbocycles. The lowest BCUT2D eigenvalue weighted by molar-refractivity contribution is 0.102. The fourth-order valence-corrected chi connectivity index (χ4v) is 4.27. The lowest BCUT2D eigenvalue weighted by atomic mass is 10.0. The summed E-state index contributed by atoms with van der Waals surface area (Å²) >= 11 is 1.54. The molecule has 0 aliphatic rings. The number of thiophene rings is 1. The smallest absolute Gasteiger partial charge is 0.267 e. The Morgan fingerprint density at radius 2 is 1.78 bits per heavy atom. The van der Waals surface area contributed by atoms with E-state index < -0.39 is 0 Å². The third kappa shape index (κ3) is 3.62. The van der Waals surface area contributed by atoms with Crippen molar-refractivity contribution in [1.82, 2.24) is 4.98 Å². The number of fused-ring (bicyclic) bond motifs is 1. The summed E-state index contributed by atoms with van der Waals surface area (Å²) in [7, 11) is 0. The molecule has 0 aliphatic carbocycles. The van der Waals surface area contributed by atoms with E-state index >= 15 is 0 Å². The SMILES string of the molecule is Cc1ccc(Cc2c(C(=O)Nc3ncccc3C)sc3ccccc23)cc1. The number of hydrogen-bond donors (Lipinski definition) is 1. The minimum Gasteiger partial charge on any atom is -0.306 e. The Labute approximate surface area is 162 Å². The topological polar surface area (TPSA) is 42.0 Å². The van der Waals surface area contributed by atoms with Crippen LogP contribution in [-0.4, -0.2) is 10.9 Å². The van der Waals surface area contributed by atoms with E-state index in [-0.39, 0.29) is 5.91 Å². The molecule has 0 fully saturated rings. The van der Waals surface area contributed by atoms with Gasteiger partial charge < -0.3 is 5.32 Å². The molecule has 4 rings (SSSR count). The van der Waals surface area contributed by atoms with Crippen molar-refractivity contribution >= 4 is 33.1 Å². The lowest BCUT2D eigenvalue weighted by Crippen LogP contribution is -2.14. The maximum Gasteiger partial charge on any atom is 0.267 e. The molecule has 0 saturated heterocycles. The standard InChI is InChI=1S/C23H20N2OS/c1-15-9-11-17(12-10-15)14-19-18-7-3-4-8-20(18)27-21(19)23(26)25-22-16(2)6-5-13-24-22/h3-13H,14H2,1-2H3,(H,24,25,26). The summed E-state index contributed by atoms with van der Waals surface area (Å²) in [6.45, 7) is 4.03. The van der Waals surface area contributed by atoms with Crippen molar-refractivity contribution in [3.8, 4) is 0 Å². The molecule has 1 N–H and O–H groups in total. The molecule has 0 bridgehead atoms. The number of benzene rings is 2. The predicted molar refractivity (Wildman–Crippen MR) is 113 cm³/mol. The van der Waals surface area contributed by atoms with Gasteiger partial charge in [0.25, 0.3) is 5.91 Å². The number of hydrogen-bond acceptors (Lipinski definition) is 3. The fraction of sp³-hybridized carbons (Fsp3) is 0.130. The molecular formula is C23H20N2OS. The first-order valence-corrected chi connectivity index (χ1v) is 9.72. The highest BCUT2D eigenvalue weighted by atomic mass is 32.1. The summed E-state index contributed by atoms with van der Waals surface area (Å²) in [6, 6.07) is 20.5. The summed E-state index contributed by atoms with van der Waals surface area (Å²) in [6.07, 6.45) is 2.43. The van der Waals surface area contributed by atoms with E-state index in [1.54, 1.807) is 6.20 Å². The molecule has 4 heteroatoms. The Balaban J connectivity index is 1.74. The summed E-state index contributed by atoms with van der Waals surface area (Å²) in [5.74, 6) is 0.515. The number of nitrogens with zero attached hydrogens (tertiary/aromatic N) is 1. The molecule has 27 heavy (non-hydrogen) atoms. The second-order valence-corrected chi connectivity index (χ2v) is 7.74. The zero-order chi connectivity index (χ0) is 18.8. The monoisotopic (exact) mass is 372 g/mol. The van der Waals surface area contributed by atoms with Gasteiger partial charge in [0, 0.05) is 10.9 Å². The van der Waals surface area contributed by atoms with Crippen LogP contribution in [-0.2, 0) is 6.42 Å². The number of aryl methyl sites for hydroxylation is 2. The first kappa shape index (κ1) is 17.4. The highest BCUT2D eigenvalue weighted by Gasteiger charge is 2.19. The van der Waals surface area contributed by atoms with E-state index in [0.29, 0.717) is 5.82 Å². The van der Waals surface area contributed by atoms with Crippen LogP contribution in [0.1, 0.15) is 31.9 Å². The number of anilines is 1. The minimum atomic E-state index is -0.0971. The zero-order valence-corrected chi connectivity index (χ0v) is 16.1. The number of aromatic nitrogens is 1. The predicted octanol–water partition coefficient (Wildman–Crippen LogP) is 5.76. The van der Waals surface area contributed by atoms with Crippen LogP contribution in [0.25, 0.3) is 10.1 Å². The Morgan fingerprint density at radius 1 is 1.00 bits per heavy atom. The molecule has 0 spiro atoms. The van der Waals surface area contributed by atoms with Crippen LogP contribution in [0.4, 0.5) is 5.82 Å². The molecule has 4 aromatic rings. The molecule has 0 radical (unpaired) electrons. The van der Waals surface area contributed by atoms with Gasteiger partial charge in [0.2, 0.25) is 0 Å². The summed E-state index contributed by atoms with van der Waals surface area (Å²) in [5, 5.41) is 4.13. The highest BCUT2D eigenvalue weighted by molar-refractivity contribution is 7.21. The average molecular weight is 372 g/mol. The molecule has 0 unspecified atom stereocenters. The molecule has 2 heterocycles. The van der Waals surface area contributed by atoms with E-state index in [1.807, 2.05) is 31.2 Å².